The molecule has 12 nitrogen and oxygen atoms in total. The number of fused-ring (bicyclic) bond motifs is 1. The molecule has 1 fully saturated rings. The molecule has 44 heavy (non-hydrogen) atoms. The second kappa shape index (κ2) is 13.3. The molecule has 0 bridgehead atoms. The number of ether oxygens (including phenoxy) is 1. The average Bonchev–Trinajstić information content (AvgIpc) is 3.71. The van der Waals surface area contributed by atoms with Gasteiger partial charge in [-0.25, -0.2) is 14.8 Å². The minimum Gasteiger partial charge on any atom is -0.444 e. The smallest absolute Gasteiger partial charge is 0.407 e. The summed E-state index contributed by atoms with van der Waals surface area (Å²) in [4.78, 5) is 42.1. The van der Waals surface area contributed by atoms with E-state index < -0.39 is 5.60 Å². The molecular formula is C32H45N9O3. The van der Waals surface area contributed by atoms with Crippen molar-refractivity contribution in [2.45, 2.75) is 91.6 Å². The molecule has 3 aromatic heterocycles. The van der Waals surface area contributed by atoms with Gasteiger partial charge < -0.3 is 24.4 Å². The summed E-state index contributed by atoms with van der Waals surface area (Å²) in [6.45, 7) is 13.9. The Labute approximate surface area is 259 Å². The number of hydrogen-bond donors (Lipinski definition) is 1. The van der Waals surface area contributed by atoms with Crippen LogP contribution in [-0.2, 0) is 24.4 Å². The van der Waals surface area contributed by atoms with Gasteiger partial charge in [-0.05, 0) is 92.1 Å². The Kier molecular flexibility index (Phi) is 9.48. The lowest BCUT2D eigenvalue weighted by atomic mass is 10.1. The number of anilines is 2. The number of amides is 2. The summed E-state index contributed by atoms with van der Waals surface area (Å²) in [6.07, 6.45) is 5.27. The molecule has 0 spiro atoms. The van der Waals surface area contributed by atoms with Gasteiger partial charge in [0, 0.05) is 37.8 Å². The summed E-state index contributed by atoms with van der Waals surface area (Å²) < 4.78 is 7.25. The third-order valence-electron chi connectivity index (χ3n) is 8.09. The van der Waals surface area contributed by atoms with Crippen LogP contribution >= 0.6 is 0 Å². The van der Waals surface area contributed by atoms with Gasteiger partial charge >= 0.3 is 6.09 Å². The molecule has 0 radical (unpaired) electrons. The molecule has 12 heteroatoms. The van der Waals surface area contributed by atoms with Crippen LogP contribution in [0.3, 0.4) is 0 Å². The molecule has 2 amide bonds. The Hall–Kier alpha value is -4.06. The molecule has 2 aliphatic heterocycles. The Morgan fingerprint density at radius 2 is 2.00 bits per heavy atom. The molecule has 0 unspecified atom stereocenters. The van der Waals surface area contributed by atoms with E-state index in [1.807, 2.05) is 56.5 Å². The van der Waals surface area contributed by atoms with Gasteiger partial charge in [0.2, 0.25) is 0 Å². The largest absolute Gasteiger partial charge is 0.444 e. The minimum atomic E-state index is -0.509. The van der Waals surface area contributed by atoms with Gasteiger partial charge in [0.1, 0.15) is 29.3 Å². The SMILES string of the molecule is CCn1cnnc1-c1cccc(N2Cc3c(cc(N4CCC[C@H]4C)nc3CN(C)CCCCNC(=O)OC(C)(C)C)C2=O)n1. The average molecular weight is 604 g/mol. The van der Waals surface area contributed by atoms with Crippen molar-refractivity contribution in [2.24, 2.45) is 0 Å². The molecule has 0 aliphatic carbocycles. The first-order valence-electron chi connectivity index (χ1n) is 15.7. The summed E-state index contributed by atoms with van der Waals surface area (Å²) in [5.41, 5.74) is 2.74. The monoisotopic (exact) mass is 603 g/mol. The molecule has 0 aromatic carbocycles. The van der Waals surface area contributed by atoms with E-state index >= 15 is 0 Å². The highest BCUT2D eigenvalue weighted by Gasteiger charge is 2.35. The Morgan fingerprint density at radius 1 is 1.18 bits per heavy atom. The summed E-state index contributed by atoms with van der Waals surface area (Å²) in [6, 6.07) is 8.03. The number of aryl methyl sites for hydroxylation is 1. The number of carbonyl (C=O) groups is 2. The van der Waals surface area contributed by atoms with Crippen molar-refractivity contribution in [1.82, 2.24) is 34.9 Å². The van der Waals surface area contributed by atoms with Crippen LogP contribution in [0.2, 0.25) is 0 Å². The Balaban J connectivity index is 1.31. The van der Waals surface area contributed by atoms with E-state index in [4.69, 9.17) is 14.7 Å². The predicted octanol–water partition coefficient (Wildman–Crippen LogP) is 4.64. The summed E-state index contributed by atoms with van der Waals surface area (Å²) >= 11 is 0. The number of aromatic nitrogens is 5. The summed E-state index contributed by atoms with van der Waals surface area (Å²) in [7, 11) is 2.07. The van der Waals surface area contributed by atoms with Gasteiger partial charge in [0.25, 0.3) is 5.91 Å². The van der Waals surface area contributed by atoms with Crippen LogP contribution in [0.25, 0.3) is 11.5 Å². The first kappa shape index (κ1) is 31.4. The number of nitrogens with zero attached hydrogens (tertiary/aromatic N) is 8. The van der Waals surface area contributed by atoms with Crippen molar-refractivity contribution in [1.29, 1.82) is 0 Å². The first-order valence-corrected chi connectivity index (χ1v) is 15.7. The quantitative estimate of drug-likeness (QED) is 0.312. The molecule has 1 saturated heterocycles. The molecule has 0 saturated carbocycles. The molecule has 2 aliphatic rings. The Morgan fingerprint density at radius 3 is 2.73 bits per heavy atom. The number of nitrogens with one attached hydrogen (secondary N) is 1. The molecular weight excluding hydrogens is 558 g/mol. The van der Waals surface area contributed by atoms with E-state index in [1.54, 1.807) is 11.2 Å². The van der Waals surface area contributed by atoms with Gasteiger partial charge in [0.15, 0.2) is 5.82 Å². The highest BCUT2D eigenvalue weighted by atomic mass is 16.6. The maximum Gasteiger partial charge on any atom is 0.407 e. The molecule has 5 heterocycles. The van der Waals surface area contributed by atoms with Gasteiger partial charge in [0.05, 0.1) is 17.8 Å². The highest BCUT2D eigenvalue weighted by Crippen LogP contribution is 2.34. The van der Waals surface area contributed by atoms with Crippen molar-refractivity contribution >= 4 is 23.6 Å². The van der Waals surface area contributed by atoms with Crippen LogP contribution in [0.1, 0.15) is 81.9 Å². The lowest BCUT2D eigenvalue weighted by Crippen LogP contribution is -2.33. The zero-order valence-corrected chi connectivity index (χ0v) is 26.8. The summed E-state index contributed by atoms with van der Waals surface area (Å²) in [5, 5.41) is 11.1. The van der Waals surface area contributed by atoms with Gasteiger partial charge in [-0.3, -0.25) is 9.69 Å². The molecule has 1 N–H and O–H groups in total. The maximum absolute atomic E-state index is 13.9. The Bertz CT molecular complexity index is 1480. The van der Waals surface area contributed by atoms with Crippen molar-refractivity contribution in [2.75, 3.05) is 36.5 Å². The number of pyridine rings is 2. The van der Waals surface area contributed by atoms with E-state index in [9.17, 15) is 9.59 Å². The number of unbranched alkanes of at least 4 members (excludes halogenated alkanes) is 1. The molecule has 3 aromatic rings. The van der Waals surface area contributed by atoms with Crippen LogP contribution < -0.4 is 15.1 Å². The molecule has 5 rings (SSSR count). The zero-order valence-electron chi connectivity index (χ0n) is 26.8. The van der Waals surface area contributed by atoms with Crippen molar-refractivity contribution < 1.29 is 14.3 Å². The zero-order chi connectivity index (χ0) is 31.4. The van der Waals surface area contributed by atoms with E-state index in [1.165, 1.54) is 0 Å². The summed E-state index contributed by atoms with van der Waals surface area (Å²) in [5.74, 6) is 2.07. The van der Waals surface area contributed by atoms with Crippen molar-refractivity contribution in [3.63, 3.8) is 0 Å². The van der Waals surface area contributed by atoms with E-state index in [0.717, 1.165) is 62.4 Å². The second-order valence-corrected chi connectivity index (χ2v) is 12.7. The van der Waals surface area contributed by atoms with Crippen molar-refractivity contribution in [3.05, 3.63) is 47.4 Å². The van der Waals surface area contributed by atoms with E-state index in [0.29, 0.717) is 48.6 Å². The third-order valence-corrected chi connectivity index (χ3v) is 8.09. The molecule has 1 atom stereocenters. The lowest BCUT2D eigenvalue weighted by molar-refractivity contribution is 0.0526. The number of rotatable bonds is 11. The van der Waals surface area contributed by atoms with Crippen LogP contribution in [0.5, 0.6) is 0 Å². The van der Waals surface area contributed by atoms with E-state index in [-0.39, 0.29) is 12.0 Å². The second-order valence-electron chi connectivity index (χ2n) is 12.7. The van der Waals surface area contributed by atoms with Crippen LogP contribution in [-0.4, -0.2) is 80.0 Å². The fraction of sp³-hybridized carbons (Fsp3) is 0.562. The maximum atomic E-state index is 13.9. The van der Waals surface area contributed by atoms with E-state index in [2.05, 4.69) is 39.3 Å². The van der Waals surface area contributed by atoms with Crippen LogP contribution in [0, 0.1) is 0 Å². The normalized spacial score (nSPS) is 16.6. The number of carbonyl (C=O) groups excluding carboxylic acids is 2. The number of alkyl carbamates (subject to hydrolysis) is 1. The fourth-order valence-electron chi connectivity index (χ4n) is 5.82. The van der Waals surface area contributed by atoms with Gasteiger partial charge in [-0.15, -0.1) is 10.2 Å². The van der Waals surface area contributed by atoms with Crippen molar-refractivity contribution in [3.8, 4) is 11.5 Å². The number of hydrogen-bond acceptors (Lipinski definition) is 9. The minimum absolute atomic E-state index is 0.0609. The lowest BCUT2D eigenvalue weighted by Gasteiger charge is -2.25. The fourth-order valence-corrected chi connectivity index (χ4v) is 5.82. The topological polar surface area (TPSA) is 122 Å². The van der Waals surface area contributed by atoms with Gasteiger partial charge in [-0.2, -0.15) is 0 Å². The third kappa shape index (κ3) is 7.18. The highest BCUT2D eigenvalue weighted by molar-refractivity contribution is 6.10. The molecule has 236 valence electrons. The standard InChI is InChI=1S/C32H45N9O3/c1-7-39-21-34-37-29(39)25-13-10-14-27(35-25)41-19-24-23(30(41)42)18-28(40-17-11-12-22(40)2)36-26(24)20-38(6)16-9-8-15-33-31(43)44-32(3,4)5/h10,13-14,18,21-22H,7-9,11-12,15-17,19-20H2,1-6H3,(H,33,43)/t22-/m1/s1. The van der Waals surface area contributed by atoms with Crippen LogP contribution in [0.15, 0.2) is 30.6 Å². The first-order chi connectivity index (χ1) is 21.0. The van der Waals surface area contributed by atoms with Crippen LogP contribution in [0.4, 0.5) is 16.4 Å². The van der Waals surface area contributed by atoms with Gasteiger partial charge in [-0.1, -0.05) is 6.07 Å². The predicted molar refractivity (Wildman–Crippen MR) is 170 cm³/mol.